The Balaban J connectivity index is 1.83. The van der Waals surface area contributed by atoms with Crippen LogP contribution in [0.25, 0.3) is 5.57 Å². The number of amides is 1. The molecule has 7 nitrogen and oxygen atoms in total. The Hall–Kier alpha value is -3.85. The maximum atomic E-state index is 13.8. The van der Waals surface area contributed by atoms with Crippen LogP contribution < -0.4 is 19.8 Å². The number of carbonyl (C=O) groups excluding carboxylic acids is 2. The normalized spacial score (nSPS) is 18.5. The number of nitrogens with zero attached hydrogens (tertiary/aromatic N) is 3. The van der Waals surface area contributed by atoms with Crippen LogP contribution in [0.2, 0.25) is 0 Å². The van der Waals surface area contributed by atoms with Gasteiger partial charge in [0.2, 0.25) is 0 Å². The summed E-state index contributed by atoms with van der Waals surface area (Å²) >= 11 is 1.10. The number of benzene rings is 2. The molecule has 5 rings (SSSR count). The van der Waals surface area contributed by atoms with Crippen LogP contribution in [0.15, 0.2) is 69.6 Å². The molecule has 0 fully saturated rings. The summed E-state index contributed by atoms with van der Waals surface area (Å²) in [6.07, 6.45) is 0. The molecule has 1 aromatic heterocycles. The van der Waals surface area contributed by atoms with Crippen molar-refractivity contribution in [1.82, 2.24) is 4.57 Å². The molecule has 34 heavy (non-hydrogen) atoms. The van der Waals surface area contributed by atoms with E-state index < -0.39 is 23.4 Å². The van der Waals surface area contributed by atoms with Gasteiger partial charge in [-0.1, -0.05) is 41.7 Å². The third kappa shape index (κ3) is 3.23. The third-order valence-electron chi connectivity index (χ3n) is 5.96. The van der Waals surface area contributed by atoms with E-state index in [0.29, 0.717) is 32.9 Å². The van der Waals surface area contributed by atoms with Crippen LogP contribution in [0.3, 0.4) is 0 Å². The van der Waals surface area contributed by atoms with Gasteiger partial charge in [0, 0.05) is 12.6 Å². The van der Waals surface area contributed by atoms with Crippen LogP contribution in [-0.4, -0.2) is 30.1 Å². The van der Waals surface area contributed by atoms with Gasteiger partial charge in [-0.15, -0.1) is 0 Å². The lowest BCUT2D eigenvalue weighted by atomic mass is 9.96. The minimum absolute atomic E-state index is 0.151. The quantitative estimate of drug-likeness (QED) is 0.542. The summed E-state index contributed by atoms with van der Waals surface area (Å²) in [6, 6.07) is 12.0. The number of thiazole rings is 1. The third-order valence-corrected chi connectivity index (χ3v) is 7.01. The monoisotopic (exact) mass is 477 g/mol. The minimum atomic E-state index is -0.866. The summed E-state index contributed by atoms with van der Waals surface area (Å²) in [5.74, 6) is -1.32. The van der Waals surface area contributed by atoms with E-state index in [1.165, 1.54) is 33.7 Å². The van der Waals surface area contributed by atoms with E-state index in [0.717, 1.165) is 11.3 Å². The smallest absolute Gasteiger partial charge is 0.338 e. The molecular formula is C25H20FN3O4S. The molecule has 0 unspecified atom stereocenters. The van der Waals surface area contributed by atoms with E-state index in [4.69, 9.17) is 4.74 Å². The Morgan fingerprint density at radius 3 is 2.56 bits per heavy atom. The van der Waals surface area contributed by atoms with Crippen molar-refractivity contribution in [2.45, 2.75) is 19.9 Å². The molecule has 172 valence electrons. The number of ether oxygens (including phenoxy) is 1. The zero-order chi connectivity index (χ0) is 24.1. The predicted molar refractivity (Wildman–Crippen MR) is 126 cm³/mol. The topological polar surface area (TPSA) is 81.0 Å². The van der Waals surface area contributed by atoms with Gasteiger partial charge in [0.1, 0.15) is 10.3 Å². The van der Waals surface area contributed by atoms with Crippen LogP contribution in [0.1, 0.15) is 31.0 Å². The Morgan fingerprint density at radius 1 is 1.15 bits per heavy atom. The first-order valence-electron chi connectivity index (χ1n) is 10.7. The van der Waals surface area contributed by atoms with Crippen molar-refractivity contribution in [1.29, 1.82) is 0 Å². The number of carbonyl (C=O) groups is 2. The van der Waals surface area contributed by atoms with Gasteiger partial charge in [-0.05, 0) is 37.6 Å². The first kappa shape index (κ1) is 22.0. The van der Waals surface area contributed by atoms with Gasteiger partial charge in [0.25, 0.3) is 11.5 Å². The van der Waals surface area contributed by atoms with Crippen molar-refractivity contribution in [2.24, 2.45) is 4.99 Å². The van der Waals surface area contributed by atoms with Crippen LogP contribution >= 0.6 is 11.3 Å². The number of allylic oxidation sites excluding steroid dienone is 1. The number of para-hydroxylation sites is 1. The van der Waals surface area contributed by atoms with E-state index in [1.54, 1.807) is 27.0 Å². The van der Waals surface area contributed by atoms with Crippen molar-refractivity contribution >= 4 is 34.5 Å². The van der Waals surface area contributed by atoms with Crippen LogP contribution in [0.5, 0.6) is 0 Å². The molecule has 0 saturated heterocycles. The first-order valence-corrected chi connectivity index (χ1v) is 11.5. The predicted octanol–water partition coefficient (Wildman–Crippen LogP) is 2.28. The van der Waals surface area contributed by atoms with Gasteiger partial charge in [-0.3, -0.25) is 14.2 Å². The fourth-order valence-electron chi connectivity index (χ4n) is 4.39. The fourth-order valence-corrected chi connectivity index (χ4v) is 5.53. The summed E-state index contributed by atoms with van der Waals surface area (Å²) in [7, 11) is 1.66. The van der Waals surface area contributed by atoms with Gasteiger partial charge in [0.05, 0.1) is 35.2 Å². The molecule has 1 amide bonds. The average Bonchev–Trinajstić information content (AvgIpc) is 3.26. The number of fused-ring (bicyclic) bond motifs is 2. The van der Waals surface area contributed by atoms with Crippen molar-refractivity contribution in [3.05, 3.63) is 96.4 Å². The van der Waals surface area contributed by atoms with Gasteiger partial charge < -0.3 is 9.64 Å². The van der Waals surface area contributed by atoms with Crippen LogP contribution in [-0.2, 0) is 14.3 Å². The number of hydrogen-bond acceptors (Lipinski definition) is 6. The molecular weight excluding hydrogens is 457 g/mol. The number of likely N-dealkylation sites (N-methyl/N-ethyl adjacent to an activating group) is 1. The zero-order valence-electron chi connectivity index (χ0n) is 18.7. The van der Waals surface area contributed by atoms with Crippen molar-refractivity contribution in [3.8, 4) is 0 Å². The minimum Gasteiger partial charge on any atom is -0.463 e. The van der Waals surface area contributed by atoms with Crippen molar-refractivity contribution < 1.29 is 18.7 Å². The lowest BCUT2D eigenvalue weighted by molar-refractivity contribution is -0.139. The molecule has 0 saturated carbocycles. The van der Waals surface area contributed by atoms with Crippen LogP contribution in [0.4, 0.5) is 10.1 Å². The number of halogens is 1. The second-order valence-electron chi connectivity index (χ2n) is 7.93. The number of anilines is 1. The largest absolute Gasteiger partial charge is 0.463 e. The maximum Gasteiger partial charge on any atom is 0.338 e. The van der Waals surface area contributed by atoms with Gasteiger partial charge in [-0.2, -0.15) is 0 Å². The van der Waals surface area contributed by atoms with E-state index >= 15 is 0 Å². The molecule has 2 aliphatic rings. The van der Waals surface area contributed by atoms with E-state index in [9.17, 15) is 18.8 Å². The highest BCUT2D eigenvalue weighted by molar-refractivity contribution is 7.07. The molecule has 0 N–H and O–H groups in total. The molecule has 3 heterocycles. The average molecular weight is 478 g/mol. The van der Waals surface area contributed by atoms with E-state index in [2.05, 4.69) is 4.99 Å². The maximum absolute atomic E-state index is 13.8. The molecule has 0 spiro atoms. The fraction of sp³-hybridized carbons (Fsp3) is 0.200. The molecule has 9 heteroatoms. The van der Waals surface area contributed by atoms with Crippen LogP contribution in [0, 0.1) is 5.82 Å². The second kappa shape index (κ2) is 8.18. The van der Waals surface area contributed by atoms with Crippen molar-refractivity contribution in [2.75, 3.05) is 18.6 Å². The highest BCUT2D eigenvalue weighted by atomic mass is 32.1. The first-order chi connectivity index (χ1) is 16.3. The molecule has 1 atom stereocenters. The number of esters is 1. The number of rotatable bonds is 3. The van der Waals surface area contributed by atoms with Gasteiger partial charge in [-0.25, -0.2) is 14.2 Å². The highest BCUT2D eigenvalue weighted by Gasteiger charge is 2.36. The highest BCUT2D eigenvalue weighted by Crippen LogP contribution is 2.34. The Bertz CT molecular complexity index is 1570. The molecule has 0 aliphatic carbocycles. The van der Waals surface area contributed by atoms with Gasteiger partial charge >= 0.3 is 5.97 Å². The summed E-state index contributed by atoms with van der Waals surface area (Å²) in [5.41, 5.74) is 2.38. The lowest BCUT2D eigenvalue weighted by Crippen LogP contribution is -2.40. The molecule has 2 aliphatic heterocycles. The Morgan fingerprint density at radius 2 is 1.85 bits per heavy atom. The Kier molecular flexibility index (Phi) is 5.28. The molecule has 3 aromatic rings. The second-order valence-corrected chi connectivity index (χ2v) is 8.91. The lowest BCUT2D eigenvalue weighted by Gasteiger charge is -2.24. The SMILES string of the molecule is CCOC(=O)C1=C(C)N=c2s/c(=C3\C(=O)N(C)c4ccccc43)c(=O)n2[C@H]1c1ccc(F)cc1. The molecule has 0 bridgehead atoms. The Labute approximate surface area is 197 Å². The van der Waals surface area contributed by atoms with Crippen molar-refractivity contribution in [3.63, 3.8) is 0 Å². The van der Waals surface area contributed by atoms with E-state index in [1.807, 2.05) is 18.2 Å². The summed E-state index contributed by atoms with van der Waals surface area (Å²) < 4.78 is 20.6. The standard InChI is InChI=1S/C25H20FN3O4S/c1-4-33-24(32)18-13(2)27-25-29(20(18)14-9-11-15(26)12-10-14)23(31)21(34-25)19-16-7-5-6-8-17(16)28(3)22(19)30/h5-12,20H,4H2,1-3H3/b21-19-/t20-/m0/s1. The zero-order valence-corrected chi connectivity index (χ0v) is 19.5. The molecule has 0 radical (unpaired) electrons. The summed E-state index contributed by atoms with van der Waals surface area (Å²) in [6.45, 7) is 3.52. The summed E-state index contributed by atoms with van der Waals surface area (Å²) in [5, 5.41) is 0. The van der Waals surface area contributed by atoms with E-state index in [-0.39, 0.29) is 22.6 Å². The number of aromatic nitrogens is 1. The van der Waals surface area contributed by atoms with Gasteiger partial charge in [0.15, 0.2) is 4.80 Å². The number of hydrogen-bond donors (Lipinski definition) is 0. The molecule has 2 aromatic carbocycles. The summed E-state index contributed by atoms with van der Waals surface area (Å²) in [4.78, 5) is 46.2.